The van der Waals surface area contributed by atoms with Crippen molar-refractivity contribution in [2.24, 2.45) is 11.1 Å². The van der Waals surface area contributed by atoms with Crippen LogP contribution in [0.2, 0.25) is 0 Å². The van der Waals surface area contributed by atoms with E-state index in [4.69, 9.17) is 5.73 Å². The maximum atomic E-state index is 11.9. The van der Waals surface area contributed by atoms with E-state index >= 15 is 0 Å². The van der Waals surface area contributed by atoms with Gasteiger partial charge in [0.2, 0.25) is 11.8 Å². The van der Waals surface area contributed by atoms with Gasteiger partial charge in [-0.3, -0.25) is 9.59 Å². The zero-order valence-electron chi connectivity index (χ0n) is 13.6. The average Bonchev–Trinajstić information content (AvgIpc) is 2.42. The Bertz CT molecular complexity index is 495. The number of aryl methyl sites for hydroxylation is 1. The summed E-state index contributed by atoms with van der Waals surface area (Å²) in [4.78, 5) is 23.6. The van der Waals surface area contributed by atoms with Crippen LogP contribution in [0.4, 0.5) is 0 Å². The largest absolute Gasteiger partial charge is 0.354 e. The van der Waals surface area contributed by atoms with Gasteiger partial charge in [-0.05, 0) is 12.5 Å². The van der Waals surface area contributed by atoms with E-state index in [1.165, 1.54) is 0 Å². The molecular weight excluding hydrogens is 302 g/mol. The lowest BCUT2D eigenvalue weighted by molar-refractivity contribution is -0.128. The topological polar surface area (TPSA) is 84.2 Å². The van der Waals surface area contributed by atoms with Crippen LogP contribution in [0.1, 0.15) is 37.9 Å². The molecule has 4 N–H and O–H groups in total. The first kappa shape index (κ1) is 20.4. The second-order valence-electron chi connectivity index (χ2n) is 6.19. The number of benzene rings is 1. The van der Waals surface area contributed by atoms with Crippen LogP contribution in [0.15, 0.2) is 24.3 Å². The van der Waals surface area contributed by atoms with Crippen LogP contribution in [-0.2, 0) is 9.59 Å². The number of hydrogen-bond donors (Lipinski definition) is 3. The van der Waals surface area contributed by atoms with Crippen molar-refractivity contribution >= 4 is 24.2 Å². The lowest BCUT2D eigenvalue weighted by Gasteiger charge is -2.18. The second kappa shape index (κ2) is 8.76. The summed E-state index contributed by atoms with van der Waals surface area (Å²) in [6.45, 7) is 8.26. The molecule has 1 aromatic carbocycles. The van der Waals surface area contributed by atoms with Gasteiger partial charge in [0.05, 0.1) is 0 Å². The average molecular weight is 328 g/mol. The molecule has 0 aliphatic rings. The van der Waals surface area contributed by atoms with Crippen molar-refractivity contribution in [3.05, 3.63) is 35.4 Å². The molecule has 0 fully saturated rings. The third-order valence-corrected chi connectivity index (χ3v) is 3.11. The molecule has 6 heteroatoms. The Balaban J connectivity index is 0.00000441. The summed E-state index contributed by atoms with van der Waals surface area (Å²) in [6, 6.07) is 6.85. The van der Waals surface area contributed by atoms with Gasteiger partial charge in [0.1, 0.15) is 6.04 Å². The van der Waals surface area contributed by atoms with Crippen LogP contribution in [0.5, 0.6) is 0 Å². The number of carbonyl (C=O) groups is 2. The van der Waals surface area contributed by atoms with Gasteiger partial charge >= 0.3 is 0 Å². The Morgan fingerprint density at radius 3 is 2.09 bits per heavy atom. The number of halogens is 1. The first-order valence-corrected chi connectivity index (χ1v) is 7.10. The normalized spacial score (nSPS) is 12.0. The molecule has 0 aromatic heterocycles. The van der Waals surface area contributed by atoms with Crippen molar-refractivity contribution in [1.29, 1.82) is 0 Å². The SMILES string of the molecule is Cc1ccc(C(N)C(=O)NCCNC(=O)C(C)(C)C)cc1.Cl. The zero-order chi connectivity index (χ0) is 16.0. The summed E-state index contributed by atoms with van der Waals surface area (Å²) < 4.78 is 0. The predicted octanol–water partition coefficient (Wildman–Crippen LogP) is 1.70. The quantitative estimate of drug-likeness (QED) is 0.720. The van der Waals surface area contributed by atoms with Crippen LogP contribution in [0.3, 0.4) is 0 Å². The van der Waals surface area contributed by atoms with E-state index in [1.807, 2.05) is 52.0 Å². The maximum absolute atomic E-state index is 11.9. The van der Waals surface area contributed by atoms with Gasteiger partial charge < -0.3 is 16.4 Å². The molecule has 5 nitrogen and oxygen atoms in total. The lowest BCUT2D eigenvalue weighted by atomic mass is 9.96. The molecule has 0 heterocycles. The Labute approximate surface area is 138 Å². The Kier molecular flexibility index (Phi) is 8.12. The van der Waals surface area contributed by atoms with Crippen molar-refractivity contribution in [2.45, 2.75) is 33.7 Å². The summed E-state index contributed by atoms with van der Waals surface area (Å²) >= 11 is 0. The minimum atomic E-state index is -0.691. The van der Waals surface area contributed by atoms with Gasteiger partial charge in [0.15, 0.2) is 0 Å². The van der Waals surface area contributed by atoms with Gasteiger partial charge in [-0.1, -0.05) is 50.6 Å². The fraction of sp³-hybridized carbons (Fsp3) is 0.500. The molecule has 0 saturated carbocycles. The molecule has 1 rings (SSSR count). The summed E-state index contributed by atoms with van der Waals surface area (Å²) in [5, 5.41) is 5.49. The number of rotatable bonds is 5. The molecule has 0 saturated heterocycles. The first-order chi connectivity index (χ1) is 9.71. The molecular formula is C16H26ClN3O2. The minimum absolute atomic E-state index is 0. The number of carbonyl (C=O) groups excluding carboxylic acids is 2. The van der Waals surface area contributed by atoms with Gasteiger partial charge in [-0.25, -0.2) is 0 Å². The highest BCUT2D eigenvalue weighted by atomic mass is 35.5. The summed E-state index contributed by atoms with van der Waals surface area (Å²) in [7, 11) is 0. The van der Waals surface area contributed by atoms with Crippen molar-refractivity contribution in [3.63, 3.8) is 0 Å². The fourth-order valence-corrected chi connectivity index (χ4v) is 1.66. The molecule has 0 bridgehead atoms. The number of nitrogens with one attached hydrogen (secondary N) is 2. The number of nitrogens with two attached hydrogens (primary N) is 1. The van der Waals surface area contributed by atoms with E-state index in [0.29, 0.717) is 13.1 Å². The van der Waals surface area contributed by atoms with E-state index < -0.39 is 11.5 Å². The van der Waals surface area contributed by atoms with Crippen molar-refractivity contribution in [2.75, 3.05) is 13.1 Å². The fourth-order valence-electron chi connectivity index (χ4n) is 1.66. The molecule has 2 amide bonds. The third kappa shape index (κ3) is 6.45. The van der Waals surface area contributed by atoms with Crippen LogP contribution < -0.4 is 16.4 Å². The van der Waals surface area contributed by atoms with Crippen molar-refractivity contribution in [1.82, 2.24) is 10.6 Å². The molecule has 1 atom stereocenters. The monoisotopic (exact) mass is 327 g/mol. The smallest absolute Gasteiger partial charge is 0.241 e. The molecule has 0 aliphatic carbocycles. The number of hydrogen-bond acceptors (Lipinski definition) is 3. The Hall–Kier alpha value is -1.59. The highest BCUT2D eigenvalue weighted by Gasteiger charge is 2.20. The van der Waals surface area contributed by atoms with E-state index in [-0.39, 0.29) is 24.2 Å². The molecule has 1 aromatic rings. The Morgan fingerprint density at radius 1 is 1.09 bits per heavy atom. The first-order valence-electron chi connectivity index (χ1n) is 7.10. The third-order valence-electron chi connectivity index (χ3n) is 3.11. The summed E-state index contributed by atoms with van der Waals surface area (Å²) in [5.74, 6) is -0.288. The molecule has 0 aliphatic heterocycles. The molecule has 0 spiro atoms. The van der Waals surface area contributed by atoms with Crippen LogP contribution in [0.25, 0.3) is 0 Å². The summed E-state index contributed by atoms with van der Waals surface area (Å²) in [6.07, 6.45) is 0. The molecule has 0 radical (unpaired) electrons. The van der Waals surface area contributed by atoms with Crippen LogP contribution in [-0.4, -0.2) is 24.9 Å². The van der Waals surface area contributed by atoms with E-state index in [9.17, 15) is 9.59 Å². The van der Waals surface area contributed by atoms with Crippen LogP contribution in [0, 0.1) is 12.3 Å². The van der Waals surface area contributed by atoms with Crippen molar-refractivity contribution < 1.29 is 9.59 Å². The standard InChI is InChI=1S/C16H25N3O2.ClH/c1-11-5-7-12(8-6-11)13(17)14(20)18-9-10-19-15(21)16(2,3)4;/h5-8,13H,9-10,17H2,1-4H3,(H,18,20)(H,19,21);1H. The van der Waals surface area contributed by atoms with E-state index in [0.717, 1.165) is 11.1 Å². The van der Waals surface area contributed by atoms with E-state index in [1.54, 1.807) is 0 Å². The van der Waals surface area contributed by atoms with Crippen molar-refractivity contribution in [3.8, 4) is 0 Å². The molecule has 124 valence electrons. The highest BCUT2D eigenvalue weighted by Crippen LogP contribution is 2.12. The lowest BCUT2D eigenvalue weighted by Crippen LogP contribution is -2.42. The van der Waals surface area contributed by atoms with Crippen LogP contribution >= 0.6 is 12.4 Å². The Morgan fingerprint density at radius 2 is 1.59 bits per heavy atom. The van der Waals surface area contributed by atoms with Gasteiger partial charge in [0.25, 0.3) is 0 Å². The van der Waals surface area contributed by atoms with E-state index in [2.05, 4.69) is 10.6 Å². The second-order valence-corrected chi connectivity index (χ2v) is 6.19. The summed E-state index contributed by atoms with van der Waals surface area (Å²) in [5.41, 5.74) is 7.37. The maximum Gasteiger partial charge on any atom is 0.241 e. The highest BCUT2D eigenvalue weighted by molar-refractivity contribution is 5.85. The van der Waals surface area contributed by atoms with Gasteiger partial charge in [-0.15, -0.1) is 12.4 Å². The minimum Gasteiger partial charge on any atom is -0.354 e. The number of amides is 2. The molecule has 1 unspecified atom stereocenters. The zero-order valence-corrected chi connectivity index (χ0v) is 14.4. The molecule has 22 heavy (non-hydrogen) atoms. The van der Waals surface area contributed by atoms with Gasteiger partial charge in [0, 0.05) is 18.5 Å². The predicted molar refractivity (Wildman–Crippen MR) is 90.8 cm³/mol. The van der Waals surface area contributed by atoms with Gasteiger partial charge in [-0.2, -0.15) is 0 Å².